The molecule has 1 aliphatic heterocycles. The molecule has 0 aromatic heterocycles. The van der Waals surface area contributed by atoms with Crippen LogP contribution < -0.4 is 19.7 Å². The maximum absolute atomic E-state index is 12.7. The smallest absolute Gasteiger partial charge is 0.333 e. The van der Waals surface area contributed by atoms with Gasteiger partial charge in [0.1, 0.15) is 5.70 Å². The third kappa shape index (κ3) is 4.15. The van der Waals surface area contributed by atoms with Crippen LogP contribution in [0.15, 0.2) is 46.6 Å². The molecule has 3 amide bonds. The lowest BCUT2D eigenvalue weighted by atomic mass is 10.1. The van der Waals surface area contributed by atoms with Crippen molar-refractivity contribution in [2.24, 2.45) is 0 Å². The number of rotatable bonds is 6. The molecule has 1 N–H and O–H groups in total. The van der Waals surface area contributed by atoms with Crippen LogP contribution in [0.1, 0.15) is 19.4 Å². The van der Waals surface area contributed by atoms with Gasteiger partial charge in [0, 0.05) is 5.02 Å². The van der Waals surface area contributed by atoms with Gasteiger partial charge in [-0.25, -0.2) is 9.69 Å². The quantitative estimate of drug-likeness (QED) is 0.482. The molecule has 2 aromatic carbocycles. The Labute approximate surface area is 176 Å². The predicted octanol–water partition coefficient (Wildman–Crippen LogP) is 5.00. The van der Waals surface area contributed by atoms with E-state index in [1.807, 2.05) is 13.8 Å². The number of amides is 3. The third-order valence-electron chi connectivity index (χ3n) is 3.89. The van der Waals surface area contributed by atoms with Crippen LogP contribution in [0.25, 0.3) is 6.08 Å². The van der Waals surface area contributed by atoms with E-state index in [1.165, 1.54) is 0 Å². The fourth-order valence-electron chi connectivity index (χ4n) is 2.75. The number of nitrogens with zero attached hydrogens (tertiary/aromatic N) is 1. The Morgan fingerprint density at radius 1 is 1.11 bits per heavy atom. The Bertz CT molecular complexity index is 944. The molecule has 0 bridgehead atoms. The first kappa shape index (κ1) is 20.2. The minimum absolute atomic E-state index is 0.165. The Morgan fingerprint density at radius 3 is 2.43 bits per heavy atom. The van der Waals surface area contributed by atoms with E-state index in [0.717, 1.165) is 4.90 Å². The summed E-state index contributed by atoms with van der Waals surface area (Å²) in [7, 11) is 0. The molecular weight excluding hydrogens is 448 g/mol. The average molecular weight is 466 g/mol. The van der Waals surface area contributed by atoms with Crippen LogP contribution in [0.3, 0.4) is 0 Å². The summed E-state index contributed by atoms with van der Waals surface area (Å²) < 4.78 is 12.0. The average Bonchev–Trinajstić information content (AvgIpc) is 2.93. The predicted molar refractivity (Wildman–Crippen MR) is 112 cm³/mol. The number of halogens is 2. The molecule has 3 rings (SSSR count). The molecule has 0 atom stereocenters. The fraction of sp³-hybridized carbons (Fsp3) is 0.200. The molecule has 0 unspecified atom stereocenters. The summed E-state index contributed by atoms with van der Waals surface area (Å²) >= 11 is 9.35. The normalized spacial score (nSPS) is 15.1. The van der Waals surface area contributed by atoms with Crippen LogP contribution >= 0.6 is 27.5 Å². The summed E-state index contributed by atoms with van der Waals surface area (Å²) in [6.07, 6.45) is 1.60. The highest BCUT2D eigenvalue weighted by Gasteiger charge is 2.34. The van der Waals surface area contributed by atoms with Gasteiger partial charge in [0.25, 0.3) is 5.91 Å². The second-order valence-corrected chi connectivity index (χ2v) is 7.09. The van der Waals surface area contributed by atoms with Gasteiger partial charge in [-0.15, -0.1) is 0 Å². The third-order valence-corrected chi connectivity index (χ3v) is 4.74. The highest BCUT2D eigenvalue weighted by molar-refractivity contribution is 9.10. The van der Waals surface area contributed by atoms with Crippen LogP contribution in [-0.4, -0.2) is 25.2 Å². The van der Waals surface area contributed by atoms with Gasteiger partial charge in [0.15, 0.2) is 11.5 Å². The number of carbonyl (C=O) groups excluding carboxylic acids is 2. The minimum atomic E-state index is -0.520. The lowest BCUT2D eigenvalue weighted by Crippen LogP contribution is -2.30. The zero-order valence-electron chi connectivity index (χ0n) is 15.3. The molecule has 6 nitrogen and oxygen atoms in total. The Hall–Kier alpha value is -2.51. The van der Waals surface area contributed by atoms with E-state index >= 15 is 0 Å². The highest BCUT2D eigenvalue weighted by atomic mass is 79.9. The van der Waals surface area contributed by atoms with Gasteiger partial charge in [-0.05, 0) is 77.8 Å². The maximum atomic E-state index is 12.7. The molecule has 0 spiro atoms. The van der Waals surface area contributed by atoms with E-state index in [2.05, 4.69) is 21.2 Å². The van der Waals surface area contributed by atoms with E-state index in [9.17, 15) is 9.59 Å². The standard InChI is InChI=1S/C20H18BrClN2O4/c1-3-27-17-11-12(9-15(21)18(17)28-4-2)10-16-19(25)24(20(26)23-16)14-7-5-13(22)6-8-14/h5-11H,3-4H2,1-2H3,(H,23,26)/b16-10-. The lowest BCUT2D eigenvalue weighted by molar-refractivity contribution is -0.113. The minimum Gasteiger partial charge on any atom is -0.490 e. The van der Waals surface area contributed by atoms with Crippen molar-refractivity contribution in [3.05, 3.63) is 57.2 Å². The molecule has 146 valence electrons. The number of hydrogen-bond acceptors (Lipinski definition) is 4. The zero-order chi connectivity index (χ0) is 20.3. The van der Waals surface area contributed by atoms with Crippen molar-refractivity contribution in [2.45, 2.75) is 13.8 Å². The van der Waals surface area contributed by atoms with Crippen LogP contribution in [0.5, 0.6) is 11.5 Å². The first-order chi connectivity index (χ1) is 13.4. The summed E-state index contributed by atoms with van der Waals surface area (Å²) in [5, 5.41) is 3.13. The summed E-state index contributed by atoms with van der Waals surface area (Å²) in [6.45, 7) is 4.71. The van der Waals surface area contributed by atoms with Crippen molar-refractivity contribution in [1.82, 2.24) is 5.32 Å². The van der Waals surface area contributed by atoms with E-state index in [1.54, 1.807) is 42.5 Å². The number of nitrogens with one attached hydrogen (secondary N) is 1. The van der Waals surface area contributed by atoms with E-state index in [0.29, 0.717) is 45.5 Å². The fourth-order valence-corrected chi connectivity index (χ4v) is 3.45. The molecule has 1 fully saturated rings. The summed E-state index contributed by atoms with van der Waals surface area (Å²) in [5.74, 6) is 0.697. The number of benzene rings is 2. The van der Waals surface area contributed by atoms with Gasteiger partial charge in [0.05, 0.1) is 23.4 Å². The van der Waals surface area contributed by atoms with Crippen LogP contribution in [0.4, 0.5) is 10.5 Å². The summed E-state index contributed by atoms with van der Waals surface area (Å²) in [5.41, 5.74) is 1.29. The SMILES string of the molecule is CCOc1cc(/C=C2\NC(=O)N(c3ccc(Cl)cc3)C2=O)cc(Br)c1OCC. The number of hydrogen-bond donors (Lipinski definition) is 1. The second kappa shape index (κ2) is 8.67. The van der Waals surface area contributed by atoms with E-state index in [-0.39, 0.29) is 5.70 Å². The molecule has 2 aromatic rings. The topological polar surface area (TPSA) is 67.9 Å². The van der Waals surface area contributed by atoms with Crippen molar-refractivity contribution >= 4 is 51.2 Å². The number of carbonyl (C=O) groups is 2. The largest absolute Gasteiger partial charge is 0.490 e. The Balaban J connectivity index is 1.94. The number of imide groups is 1. The lowest BCUT2D eigenvalue weighted by Gasteiger charge is -2.13. The first-order valence-electron chi connectivity index (χ1n) is 8.66. The molecule has 8 heteroatoms. The molecule has 1 heterocycles. The van der Waals surface area contributed by atoms with Gasteiger partial charge >= 0.3 is 6.03 Å². The van der Waals surface area contributed by atoms with Crippen molar-refractivity contribution < 1.29 is 19.1 Å². The summed E-state index contributed by atoms with van der Waals surface area (Å²) in [4.78, 5) is 26.1. The van der Waals surface area contributed by atoms with Gasteiger partial charge in [-0.3, -0.25) is 4.79 Å². The number of ether oxygens (including phenoxy) is 2. The van der Waals surface area contributed by atoms with Crippen LogP contribution in [0.2, 0.25) is 5.02 Å². The van der Waals surface area contributed by atoms with Crippen molar-refractivity contribution in [2.75, 3.05) is 18.1 Å². The molecule has 1 saturated heterocycles. The first-order valence-corrected chi connectivity index (χ1v) is 9.83. The van der Waals surface area contributed by atoms with Crippen molar-refractivity contribution in [3.63, 3.8) is 0 Å². The Morgan fingerprint density at radius 2 is 1.79 bits per heavy atom. The van der Waals surface area contributed by atoms with E-state index < -0.39 is 11.9 Å². The van der Waals surface area contributed by atoms with Gasteiger partial charge < -0.3 is 14.8 Å². The van der Waals surface area contributed by atoms with Gasteiger partial charge in [0.2, 0.25) is 0 Å². The zero-order valence-corrected chi connectivity index (χ0v) is 17.6. The molecule has 0 radical (unpaired) electrons. The maximum Gasteiger partial charge on any atom is 0.333 e. The molecule has 0 saturated carbocycles. The monoisotopic (exact) mass is 464 g/mol. The van der Waals surface area contributed by atoms with Crippen molar-refractivity contribution in [1.29, 1.82) is 0 Å². The molecule has 0 aliphatic carbocycles. The van der Waals surface area contributed by atoms with Gasteiger partial charge in [-0.1, -0.05) is 11.6 Å². The van der Waals surface area contributed by atoms with Crippen molar-refractivity contribution in [3.8, 4) is 11.5 Å². The molecular formula is C20H18BrClN2O4. The molecule has 1 aliphatic rings. The highest BCUT2D eigenvalue weighted by Crippen LogP contribution is 2.37. The van der Waals surface area contributed by atoms with Crippen LogP contribution in [0, 0.1) is 0 Å². The van der Waals surface area contributed by atoms with Crippen LogP contribution in [-0.2, 0) is 4.79 Å². The number of urea groups is 1. The second-order valence-electron chi connectivity index (χ2n) is 5.80. The van der Waals surface area contributed by atoms with E-state index in [4.69, 9.17) is 21.1 Å². The number of anilines is 1. The Kier molecular flexibility index (Phi) is 6.26. The molecule has 28 heavy (non-hydrogen) atoms. The summed E-state index contributed by atoms with van der Waals surface area (Å²) in [6, 6.07) is 9.51. The van der Waals surface area contributed by atoms with Gasteiger partial charge in [-0.2, -0.15) is 0 Å².